The molecule has 0 atom stereocenters. The van der Waals surface area contributed by atoms with Crippen molar-refractivity contribution in [1.29, 1.82) is 0 Å². The first-order chi connectivity index (χ1) is 11.0. The van der Waals surface area contributed by atoms with Crippen molar-refractivity contribution < 1.29 is 9.18 Å². The normalized spacial score (nSPS) is 14.9. The van der Waals surface area contributed by atoms with Crippen molar-refractivity contribution in [3.05, 3.63) is 63.8 Å². The van der Waals surface area contributed by atoms with E-state index in [4.69, 9.17) is 0 Å². The first kappa shape index (κ1) is 15.3. The van der Waals surface area contributed by atoms with Crippen LogP contribution in [0.1, 0.15) is 16.1 Å². The van der Waals surface area contributed by atoms with Crippen LogP contribution in [0.15, 0.2) is 41.2 Å². The molecule has 0 unspecified atom stereocenters. The first-order valence-corrected chi connectivity index (χ1v) is 7.54. The molecule has 0 bridgehead atoms. The van der Waals surface area contributed by atoms with E-state index in [-0.39, 0.29) is 17.3 Å². The molecule has 1 aromatic carbocycles. The van der Waals surface area contributed by atoms with Gasteiger partial charge in [-0.2, -0.15) is 0 Å². The summed E-state index contributed by atoms with van der Waals surface area (Å²) in [6.45, 7) is 3.87. The molecular weight excluding hydrogens is 297 g/mol. The maximum atomic E-state index is 13.8. The fourth-order valence-corrected chi connectivity index (χ4v) is 2.85. The number of para-hydroxylation sites is 1. The molecule has 3 rings (SSSR count). The number of anilines is 1. The van der Waals surface area contributed by atoms with E-state index in [1.54, 1.807) is 36.1 Å². The fraction of sp³-hybridized carbons (Fsp3) is 0.294. The molecule has 120 valence electrons. The van der Waals surface area contributed by atoms with Crippen LogP contribution in [0, 0.1) is 12.7 Å². The molecule has 23 heavy (non-hydrogen) atoms. The molecule has 6 heteroatoms. The Kier molecular flexibility index (Phi) is 4.14. The van der Waals surface area contributed by atoms with E-state index in [1.165, 1.54) is 12.1 Å². The van der Waals surface area contributed by atoms with Crippen LogP contribution < -0.4 is 10.5 Å². The van der Waals surface area contributed by atoms with Gasteiger partial charge in [-0.15, -0.1) is 0 Å². The molecule has 2 aromatic rings. The van der Waals surface area contributed by atoms with Gasteiger partial charge in [0.25, 0.3) is 5.91 Å². The number of hydrogen-bond acceptors (Lipinski definition) is 3. The lowest BCUT2D eigenvalue weighted by atomic mass is 10.1. The highest BCUT2D eigenvalue weighted by Gasteiger charge is 2.23. The molecule has 1 fully saturated rings. The second kappa shape index (κ2) is 6.24. The van der Waals surface area contributed by atoms with E-state index in [0.717, 1.165) is 0 Å². The van der Waals surface area contributed by atoms with Crippen LogP contribution in [0.5, 0.6) is 0 Å². The van der Waals surface area contributed by atoms with E-state index < -0.39 is 0 Å². The Balaban J connectivity index is 1.70. The predicted molar refractivity (Wildman–Crippen MR) is 86.3 cm³/mol. The summed E-state index contributed by atoms with van der Waals surface area (Å²) in [7, 11) is 0. The zero-order valence-corrected chi connectivity index (χ0v) is 12.9. The number of piperazine rings is 1. The van der Waals surface area contributed by atoms with Crippen LogP contribution in [-0.4, -0.2) is 42.0 Å². The zero-order valence-electron chi connectivity index (χ0n) is 12.9. The van der Waals surface area contributed by atoms with Gasteiger partial charge in [0.2, 0.25) is 5.56 Å². The standard InChI is InChI=1S/C17H18FN3O2/c1-12-10-13(11-16(22)19-12)17(23)21-8-6-20(7-9-21)15-5-3-2-4-14(15)18/h2-5,10-11H,6-9H2,1H3,(H,19,22). The fourth-order valence-electron chi connectivity index (χ4n) is 2.85. The van der Waals surface area contributed by atoms with Crippen LogP contribution in [0.25, 0.3) is 0 Å². The number of aromatic nitrogens is 1. The Labute approximate surface area is 133 Å². The number of hydrogen-bond donors (Lipinski definition) is 1. The number of nitrogens with one attached hydrogen (secondary N) is 1. The Morgan fingerprint density at radius 3 is 2.48 bits per heavy atom. The van der Waals surface area contributed by atoms with Gasteiger partial charge in [0.15, 0.2) is 0 Å². The number of pyridine rings is 1. The van der Waals surface area contributed by atoms with Crippen molar-refractivity contribution >= 4 is 11.6 Å². The van der Waals surface area contributed by atoms with Crippen LogP contribution in [-0.2, 0) is 0 Å². The summed E-state index contributed by atoms with van der Waals surface area (Å²) in [5.41, 5.74) is 1.33. The Morgan fingerprint density at radius 1 is 1.13 bits per heavy atom. The number of rotatable bonds is 2. The van der Waals surface area contributed by atoms with Crippen LogP contribution in [0.3, 0.4) is 0 Å². The van der Waals surface area contributed by atoms with Gasteiger partial charge in [0.05, 0.1) is 5.69 Å². The second-order valence-electron chi connectivity index (χ2n) is 5.65. The van der Waals surface area contributed by atoms with Gasteiger partial charge in [0.1, 0.15) is 5.82 Å². The molecule has 0 spiro atoms. The Morgan fingerprint density at radius 2 is 1.83 bits per heavy atom. The summed E-state index contributed by atoms with van der Waals surface area (Å²) in [5.74, 6) is -0.412. The Hall–Kier alpha value is -2.63. The van der Waals surface area contributed by atoms with Crippen molar-refractivity contribution in [3.63, 3.8) is 0 Å². The number of nitrogens with zero attached hydrogens (tertiary/aromatic N) is 2. The summed E-state index contributed by atoms with van der Waals surface area (Å²) in [5, 5.41) is 0. The summed E-state index contributed by atoms with van der Waals surface area (Å²) in [6, 6.07) is 9.63. The molecule has 2 heterocycles. The molecule has 0 saturated carbocycles. The van der Waals surface area contributed by atoms with Gasteiger partial charge in [0, 0.05) is 43.5 Å². The molecule has 1 N–H and O–H groups in total. The highest BCUT2D eigenvalue weighted by Crippen LogP contribution is 2.20. The monoisotopic (exact) mass is 315 g/mol. The minimum Gasteiger partial charge on any atom is -0.366 e. The molecule has 1 saturated heterocycles. The molecular formula is C17H18FN3O2. The van der Waals surface area contributed by atoms with Gasteiger partial charge < -0.3 is 14.8 Å². The first-order valence-electron chi connectivity index (χ1n) is 7.54. The number of aryl methyl sites for hydroxylation is 1. The SMILES string of the molecule is Cc1cc(C(=O)N2CCN(c3ccccc3F)CC2)cc(=O)[nH]1. The summed E-state index contributed by atoms with van der Waals surface area (Å²) in [4.78, 5) is 30.3. The molecule has 0 radical (unpaired) electrons. The van der Waals surface area contributed by atoms with Crippen LogP contribution in [0.2, 0.25) is 0 Å². The number of amides is 1. The van der Waals surface area contributed by atoms with Crippen molar-refractivity contribution in [2.24, 2.45) is 0 Å². The number of halogens is 1. The molecule has 1 amide bonds. The van der Waals surface area contributed by atoms with E-state index in [2.05, 4.69) is 4.98 Å². The van der Waals surface area contributed by atoms with E-state index in [0.29, 0.717) is 43.1 Å². The minimum atomic E-state index is -0.279. The second-order valence-corrected chi connectivity index (χ2v) is 5.65. The van der Waals surface area contributed by atoms with Crippen LogP contribution in [0.4, 0.5) is 10.1 Å². The maximum Gasteiger partial charge on any atom is 0.254 e. The van der Waals surface area contributed by atoms with E-state index in [9.17, 15) is 14.0 Å². The molecule has 5 nitrogen and oxygen atoms in total. The summed E-state index contributed by atoms with van der Waals surface area (Å²) in [6.07, 6.45) is 0. The number of carbonyl (C=O) groups excluding carboxylic acids is 1. The lowest BCUT2D eigenvalue weighted by Gasteiger charge is -2.36. The number of aromatic amines is 1. The third-order valence-corrected chi connectivity index (χ3v) is 3.99. The lowest BCUT2D eigenvalue weighted by Crippen LogP contribution is -2.49. The van der Waals surface area contributed by atoms with Crippen molar-refractivity contribution in [2.75, 3.05) is 31.1 Å². The van der Waals surface area contributed by atoms with Crippen molar-refractivity contribution in [3.8, 4) is 0 Å². The third-order valence-electron chi connectivity index (χ3n) is 3.99. The van der Waals surface area contributed by atoms with Gasteiger partial charge in [-0.05, 0) is 25.1 Å². The van der Waals surface area contributed by atoms with E-state index in [1.807, 2.05) is 4.90 Å². The molecule has 1 aliphatic heterocycles. The summed E-state index contributed by atoms with van der Waals surface area (Å²) >= 11 is 0. The van der Waals surface area contributed by atoms with Gasteiger partial charge in [-0.3, -0.25) is 9.59 Å². The molecule has 1 aliphatic rings. The largest absolute Gasteiger partial charge is 0.366 e. The smallest absolute Gasteiger partial charge is 0.254 e. The van der Waals surface area contributed by atoms with Crippen molar-refractivity contribution in [1.82, 2.24) is 9.88 Å². The predicted octanol–water partition coefficient (Wildman–Crippen LogP) is 1.78. The Bertz CT molecular complexity index is 779. The number of benzene rings is 1. The van der Waals surface area contributed by atoms with Crippen molar-refractivity contribution in [2.45, 2.75) is 6.92 Å². The molecule has 1 aromatic heterocycles. The van der Waals surface area contributed by atoms with Gasteiger partial charge in [-0.1, -0.05) is 12.1 Å². The number of H-pyrrole nitrogens is 1. The zero-order chi connectivity index (χ0) is 16.4. The quantitative estimate of drug-likeness (QED) is 0.919. The highest BCUT2D eigenvalue weighted by molar-refractivity contribution is 5.94. The van der Waals surface area contributed by atoms with E-state index >= 15 is 0 Å². The summed E-state index contributed by atoms with van der Waals surface area (Å²) < 4.78 is 13.8. The number of carbonyl (C=O) groups is 1. The lowest BCUT2D eigenvalue weighted by molar-refractivity contribution is 0.0746. The van der Waals surface area contributed by atoms with Crippen LogP contribution >= 0.6 is 0 Å². The minimum absolute atomic E-state index is 0.160. The highest BCUT2D eigenvalue weighted by atomic mass is 19.1. The average molecular weight is 315 g/mol. The topological polar surface area (TPSA) is 56.4 Å². The average Bonchev–Trinajstić information content (AvgIpc) is 2.54. The van der Waals surface area contributed by atoms with Gasteiger partial charge in [-0.25, -0.2) is 4.39 Å². The maximum absolute atomic E-state index is 13.8. The third kappa shape index (κ3) is 3.26. The van der Waals surface area contributed by atoms with Gasteiger partial charge >= 0.3 is 0 Å². The molecule has 0 aliphatic carbocycles.